The molecule has 0 saturated carbocycles. The molecule has 0 bridgehead atoms. The largest absolute Gasteiger partial charge is 0.457 e. The monoisotopic (exact) mass is 447 g/mol. The van der Waals surface area contributed by atoms with Crippen LogP contribution in [0.1, 0.15) is 6.92 Å². The van der Waals surface area contributed by atoms with E-state index in [1.807, 2.05) is 54.6 Å². The highest BCUT2D eigenvalue weighted by Crippen LogP contribution is 2.35. The zero-order valence-electron chi connectivity index (χ0n) is 18.9. The summed E-state index contributed by atoms with van der Waals surface area (Å²) in [4.78, 5) is 33.4. The molecule has 4 atom stereocenters. The number of fused-ring (bicyclic) bond motifs is 3. The number of carbonyl (C=O) groups is 2. The number of carbonyl (C=O) groups excluding carboxylic acids is 2. The summed E-state index contributed by atoms with van der Waals surface area (Å²) in [5, 5.41) is 3.54. The van der Waals surface area contributed by atoms with Crippen molar-refractivity contribution < 1.29 is 14.3 Å². The third-order valence-corrected chi connectivity index (χ3v) is 6.54. The van der Waals surface area contributed by atoms with Crippen molar-refractivity contribution in [2.24, 2.45) is 5.92 Å². The van der Waals surface area contributed by atoms with E-state index < -0.39 is 6.04 Å². The number of hydrogen-bond acceptors (Lipinski definition) is 6. The van der Waals surface area contributed by atoms with Gasteiger partial charge in [-0.3, -0.25) is 19.9 Å². The summed E-state index contributed by atoms with van der Waals surface area (Å²) in [6.07, 6.45) is 1.04. The molecule has 3 fully saturated rings. The van der Waals surface area contributed by atoms with Crippen LogP contribution in [0, 0.1) is 5.92 Å². The van der Waals surface area contributed by atoms with Crippen LogP contribution in [0.2, 0.25) is 0 Å². The molecule has 1 N–H and O–H groups in total. The van der Waals surface area contributed by atoms with E-state index in [4.69, 9.17) is 4.74 Å². The van der Waals surface area contributed by atoms with Gasteiger partial charge in [-0.25, -0.2) is 4.79 Å². The van der Waals surface area contributed by atoms with Crippen molar-refractivity contribution in [3.63, 3.8) is 0 Å². The zero-order valence-corrected chi connectivity index (χ0v) is 18.9. The molecule has 5 rings (SSSR count). The standard InChI is InChI=1S/C25H29N5O3/c1-4-14-28-23(31)21-22(27(3)25(28)32)26-24-29(15-17(2)16-30(21)24)18-10-12-20(13-11-18)33-19-8-6-5-7-9-19/h4-13,17,21-22,24,26H,1,14-16H2,2-3H3. The van der Waals surface area contributed by atoms with Gasteiger partial charge in [0.05, 0.1) is 0 Å². The molecule has 8 nitrogen and oxygen atoms in total. The number of anilines is 1. The lowest BCUT2D eigenvalue weighted by molar-refractivity contribution is -0.138. The van der Waals surface area contributed by atoms with E-state index >= 15 is 0 Å². The number of nitrogens with zero attached hydrogens (tertiary/aromatic N) is 4. The molecule has 2 aromatic carbocycles. The second kappa shape index (κ2) is 8.53. The summed E-state index contributed by atoms with van der Waals surface area (Å²) in [7, 11) is 1.75. The van der Waals surface area contributed by atoms with E-state index in [1.165, 1.54) is 4.90 Å². The fourth-order valence-corrected chi connectivity index (χ4v) is 5.05. The molecule has 0 spiro atoms. The molecule has 2 aromatic rings. The number of urea groups is 1. The number of amides is 3. The summed E-state index contributed by atoms with van der Waals surface area (Å²) in [6.45, 7) is 7.72. The van der Waals surface area contributed by atoms with Crippen LogP contribution in [0.4, 0.5) is 10.5 Å². The van der Waals surface area contributed by atoms with Crippen LogP contribution in [0.15, 0.2) is 67.3 Å². The number of imide groups is 1. The lowest BCUT2D eigenvalue weighted by Crippen LogP contribution is -2.66. The fourth-order valence-electron chi connectivity index (χ4n) is 5.05. The molecule has 8 heteroatoms. The van der Waals surface area contributed by atoms with Crippen LogP contribution in [0.3, 0.4) is 0 Å². The van der Waals surface area contributed by atoms with Crippen LogP contribution in [0.5, 0.6) is 11.5 Å². The third kappa shape index (κ3) is 3.75. The quantitative estimate of drug-likeness (QED) is 0.711. The van der Waals surface area contributed by atoms with E-state index in [9.17, 15) is 9.59 Å². The van der Waals surface area contributed by atoms with Crippen LogP contribution in [-0.2, 0) is 4.79 Å². The molecule has 3 heterocycles. The number of rotatable bonds is 5. The Bertz CT molecular complexity index is 1040. The van der Waals surface area contributed by atoms with Gasteiger partial charge in [-0.05, 0) is 42.3 Å². The Labute approximate surface area is 194 Å². The topological polar surface area (TPSA) is 68.4 Å². The number of nitrogens with one attached hydrogen (secondary N) is 1. The first-order valence-corrected chi connectivity index (χ1v) is 11.3. The van der Waals surface area contributed by atoms with Crippen LogP contribution >= 0.6 is 0 Å². The van der Waals surface area contributed by atoms with Gasteiger partial charge in [0.15, 0.2) is 0 Å². The summed E-state index contributed by atoms with van der Waals surface area (Å²) < 4.78 is 5.93. The molecule has 33 heavy (non-hydrogen) atoms. The van der Waals surface area contributed by atoms with Crippen molar-refractivity contribution in [1.82, 2.24) is 20.0 Å². The van der Waals surface area contributed by atoms with Crippen molar-refractivity contribution in [2.45, 2.75) is 25.4 Å². The Hall–Kier alpha value is -3.36. The molecule has 3 amide bonds. The highest BCUT2D eigenvalue weighted by Gasteiger charge is 2.56. The van der Waals surface area contributed by atoms with Gasteiger partial charge in [-0.1, -0.05) is 31.2 Å². The average molecular weight is 448 g/mol. The first-order valence-electron chi connectivity index (χ1n) is 11.3. The second-order valence-electron chi connectivity index (χ2n) is 8.92. The molecule has 0 aromatic heterocycles. The normalized spacial score (nSPS) is 27.4. The predicted molar refractivity (Wildman–Crippen MR) is 126 cm³/mol. The first kappa shape index (κ1) is 21.5. The number of hydrogen-bond donors (Lipinski definition) is 1. The number of likely N-dealkylation sites (N-methyl/N-ethyl adjacent to an activating group) is 1. The van der Waals surface area contributed by atoms with E-state index in [1.54, 1.807) is 18.0 Å². The van der Waals surface area contributed by atoms with Crippen molar-refractivity contribution in [3.05, 3.63) is 67.3 Å². The molecule has 0 radical (unpaired) electrons. The van der Waals surface area contributed by atoms with Crippen LogP contribution in [0.25, 0.3) is 0 Å². The number of para-hydroxylation sites is 1. The van der Waals surface area contributed by atoms with Gasteiger partial charge < -0.3 is 14.5 Å². The molecule has 3 aliphatic heterocycles. The zero-order chi connectivity index (χ0) is 23.1. The van der Waals surface area contributed by atoms with E-state index in [0.717, 1.165) is 30.3 Å². The fraction of sp³-hybridized carbons (Fsp3) is 0.360. The lowest BCUT2D eigenvalue weighted by Gasteiger charge is -2.45. The van der Waals surface area contributed by atoms with Gasteiger partial charge >= 0.3 is 6.03 Å². The molecule has 3 aliphatic rings. The highest BCUT2D eigenvalue weighted by atomic mass is 16.5. The van der Waals surface area contributed by atoms with E-state index in [2.05, 4.69) is 28.6 Å². The van der Waals surface area contributed by atoms with E-state index in [0.29, 0.717) is 5.92 Å². The Morgan fingerprint density at radius 1 is 1.06 bits per heavy atom. The minimum atomic E-state index is -0.427. The maximum Gasteiger partial charge on any atom is 0.328 e. The van der Waals surface area contributed by atoms with Crippen molar-refractivity contribution in [1.29, 1.82) is 0 Å². The molecular formula is C25H29N5O3. The summed E-state index contributed by atoms with van der Waals surface area (Å²) >= 11 is 0. The summed E-state index contributed by atoms with van der Waals surface area (Å²) in [6, 6.07) is 17.0. The maximum absolute atomic E-state index is 13.3. The van der Waals surface area contributed by atoms with Crippen molar-refractivity contribution in [2.75, 3.05) is 31.6 Å². The minimum absolute atomic E-state index is 0.168. The smallest absolute Gasteiger partial charge is 0.328 e. The van der Waals surface area contributed by atoms with Gasteiger partial charge in [0, 0.05) is 32.4 Å². The van der Waals surface area contributed by atoms with Gasteiger partial charge in [-0.2, -0.15) is 0 Å². The Morgan fingerprint density at radius 3 is 2.45 bits per heavy atom. The minimum Gasteiger partial charge on any atom is -0.457 e. The molecule has 172 valence electrons. The highest BCUT2D eigenvalue weighted by molar-refractivity contribution is 6.00. The summed E-state index contributed by atoms with van der Waals surface area (Å²) in [5.74, 6) is 1.74. The number of benzene rings is 2. The third-order valence-electron chi connectivity index (χ3n) is 6.54. The predicted octanol–water partition coefficient (Wildman–Crippen LogP) is 2.90. The van der Waals surface area contributed by atoms with Crippen molar-refractivity contribution in [3.8, 4) is 11.5 Å². The Kier molecular flexibility index (Phi) is 5.55. The molecule has 4 unspecified atom stereocenters. The SMILES string of the molecule is C=CCN1C(=O)C2C(NC3N(c4ccc(Oc5ccccc5)cc4)CC(C)CN23)N(C)C1=O. The average Bonchev–Trinajstić information content (AvgIpc) is 3.21. The van der Waals surface area contributed by atoms with Crippen LogP contribution < -0.4 is 15.0 Å². The van der Waals surface area contributed by atoms with Crippen LogP contribution in [-0.4, -0.2) is 71.8 Å². The van der Waals surface area contributed by atoms with Gasteiger partial charge in [0.1, 0.15) is 30.0 Å². The summed E-state index contributed by atoms with van der Waals surface area (Å²) in [5.41, 5.74) is 1.03. The molecule has 3 saturated heterocycles. The Morgan fingerprint density at radius 2 is 1.76 bits per heavy atom. The van der Waals surface area contributed by atoms with Crippen molar-refractivity contribution >= 4 is 17.6 Å². The molecule has 0 aliphatic carbocycles. The lowest BCUT2D eigenvalue weighted by atomic mass is 10.0. The maximum atomic E-state index is 13.3. The van der Waals surface area contributed by atoms with Gasteiger partial charge in [0.25, 0.3) is 5.91 Å². The second-order valence-corrected chi connectivity index (χ2v) is 8.92. The molecular weight excluding hydrogens is 418 g/mol. The number of ether oxygens (including phenoxy) is 1. The van der Waals surface area contributed by atoms with E-state index in [-0.39, 0.29) is 30.9 Å². The van der Waals surface area contributed by atoms with Gasteiger partial charge in [-0.15, -0.1) is 6.58 Å². The Balaban J connectivity index is 1.40. The first-order chi connectivity index (χ1) is 16.0. The van der Waals surface area contributed by atoms with Gasteiger partial charge in [0.2, 0.25) is 0 Å².